The van der Waals surface area contributed by atoms with Crippen molar-refractivity contribution in [1.82, 2.24) is 14.6 Å². The number of allylic oxidation sites excluding steroid dienone is 2. The number of fused-ring (bicyclic) bond motifs is 3. The molecule has 17 heteroatoms. The van der Waals surface area contributed by atoms with Crippen molar-refractivity contribution < 1.29 is 60.1 Å². The van der Waals surface area contributed by atoms with E-state index in [4.69, 9.17) is 28.7 Å². The summed E-state index contributed by atoms with van der Waals surface area (Å²) in [6.45, 7) is 12.0. The van der Waals surface area contributed by atoms with Crippen molar-refractivity contribution in [3.63, 3.8) is 0 Å². The number of amides is 2. The highest BCUT2D eigenvalue weighted by molar-refractivity contribution is 7.91. The number of hydrogen-bond acceptors (Lipinski definition) is 12. The van der Waals surface area contributed by atoms with Crippen molar-refractivity contribution in [2.75, 3.05) is 20.8 Å². The number of methoxy groups -OCH3 is 2. The quantitative estimate of drug-likeness (QED) is 0.120. The number of ether oxygens (including phenoxy) is 5. The molecule has 2 aliphatic carbocycles. The van der Waals surface area contributed by atoms with Gasteiger partial charge in [-0.25, -0.2) is 22.2 Å². The monoisotopic (exact) mass is 979 g/mol. The van der Waals surface area contributed by atoms with Crippen molar-refractivity contribution >= 4 is 44.4 Å². The minimum Gasteiger partial charge on any atom is -0.497 e. The highest BCUT2D eigenvalue weighted by Gasteiger charge is 2.63. The topological polar surface area (TPSA) is 177 Å². The molecule has 2 saturated carbocycles. The van der Waals surface area contributed by atoms with Crippen LogP contribution in [0.3, 0.4) is 0 Å². The molecular formula is C52H67F2N3O11S. The third kappa shape index (κ3) is 10.9. The van der Waals surface area contributed by atoms with Gasteiger partial charge in [0.05, 0.1) is 55.4 Å². The van der Waals surface area contributed by atoms with Crippen molar-refractivity contribution in [3.8, 4) is 34.4 Å². The first-order valence-electron chi connectivity index (χ1n) is 24.0. The third-order valence-electron chi connectivity index (χ3n) is 14.7. The zero-order chi connectivity index (χ0) is 50.4. The highest BCUT2D eigenvalue weighted by Crippen LogP contribution is 2.58. The Hall–Kier alpha value is -5.32. The number of nitrogens with zero attached hydrogens (tertiary/aromatic N) is 2. The number of halogens is 2. The van der Waals surface area contributed by atoms with Gasteiger partial charge in [0, 0.05) is 36.1 Å². The molecule has 3 fully saturated rings. The Labute approximate surface area is 404 Å². The van der Waals surface area contributed by atoms with E-state index in [1.54, 1.807) is 32.2 Å². The summed E-state index contributed by atoms with van der Waals surface area (Å²) in [5.74, 6) is -6.33. The van der Waals surface area contributed by atoms with Gasteiger partial charge in [0.2, 0.25) is 27.7 Å². The zero-order valence-electron chi connectivity index (χ0n) is 41.4. The molecule has 1 N–H and O–H groups in total. The molecule has 0 spiro atoms. The Morgan fingerprint density at radius 2 is 1.65 bits per heavy atom. The molecule has 0 unspecified atom stereocenters. The van der Waals surface area contributed by atoms with Gasteiger partial charge in [-0.1, -0.05) is 26.0 Å². The van der Waals surface area contributed by atoms with Gasteiger partial charge in [0.25, 0.3) is 5.92 Å². The molecule has 2 aliphatic heterocycles. The molecule has 376 valence electrons. The molecule has 69 heavy (non-hydrogen) atoms. The molecule has 4 aliphatic rings. The Morgan fingerprint density at radius 3 is 2.28 bits per heavy atom. The molecule has 2 amide bonds. The summed E-state index contributed by atoms with van der Waals surface area (Å²) in [6.07, 6.45) is 4.80. The van der Waals surface area contributed by atoms with E-state index in [1.165, 1.54) is 12.0 Å². The van der Waals surface area contributed by atoms with E-state index in [2.05, 4.69) is 4.72 Å². The number of Topliss-reactive ketones (excluding diaryl/α,β-unsaturated/α-hetero) is 1. The molecule has 7 atom stereocenters. The summed E-state index contributed by atoms with van der Waals surface area (Å²) in [7, 11) is -0.974. The maximum atomic E-state index is 15.3. The Balaban J connectivity index is 1.29. The largest absolute Gasteiger partial charge is 0.497 e. The fraction of sp³-hybridized carbons (Fsp3) is 0.596. The lowest BCUT2D eigenvalue weighted by atomic mass is 9.82. The second kappa shape index (κ2) is 19.5. The lowest BCUT2D eigenvalue weighted by molar-refractivity contribution is -0.197. The first kappa shape index (κ1) is 51.5. The molecule has 3 aromatic rings. The van der Waals surface area contributed by atoms with Gasteiger partial charge >= 0.3 is 5.97 Å². The molecule has 1 aromatic heterocycles. The number of benzene rings is 2. The van der Waals surface area contributed by atoms with Crippen LogP contribution in [0.4, 0.5) is 8.78 Å². The lowest BCUT2D eigenvalue weighted by Gasteiger charge is -2.34. The van der Waals surface area contributed by atoms with Gasteiger partial charge in [0.15, 0.2) is 17.1 Å². The summed E-state index contributed by atoms with van der Waals surface area (Å²) in [5.41, 5.74) is -2.46. The van der Waals surface area contributed by atoms with Crippen LogP contribution in [0, 0.1) is 29.1 Å². The van der Waals surface area contributed by atoms with Crippen LogP contribution in [0.2, 0.25) is 0 Å². The van der Waals surface area contributed by atoms with Crippen LogP contribution in [0.5, 0.6) is 23.1 Å². The van der Waals surface area contributed by atoms with Crippen LogP contribution >= 0.6 is 0 Å². The molecule has 0 bridgehead atoms. The van der Waals surface area contributed by atoms with E-state index in [0.29, 0.717) is 78.3 Å². The van der Waals surface area contributed by atoms with E-state index in [0.717, 1.165) is 13.8 Å². The maximum Gasteiger partial charge on any atom is 0.307 e. The van der Waals surface area contributed by atoms with Gasteiger partial charge in [-0.3, -0.25) is 23.9 Å². The summed E-state index contributed by atoms with van der Waals surface area (Å²) in [5, 5.41) is 1.16. The summed E-state index contributed by atoms with van der Waals surface area (Å²) in [4.78, 5) is 64.6. The van der Waals surface area contributed by atoms with Crippen LogP contribution in [0.15, 0.2) is 54.6 Å². The second-order valence-electron chi connectivity index (χ2n) is 20.9. The summed E-state index contributed by atoms with van der Waals surface area (Å²) >= 11 is 0. The fourth-order valence-corrected chi connectivity index (χ4v) is 11.0. The summed E-state index contributed by atoms with van der Waals surface area (Å²) < 4.78 is 87.0. The molecule has 3 heterocycles. The fourth-order valence-electron chi connectivity index (χ4n) is 9.66. The maximum absolute atomic E-state index is 15.3. The molecule has 14 nitrogen and oxygen atoms in total. The number of hydrogen-bond donors (Lipinski definition) is 1. The van der Waals surface area contributed by atoms with Gasteiger partial charge < -0.3 is 28.6 Å². The molecule has 0 radical (unpaired) electrons. The van der Waals surface area contributed by atoms with E-state index >= 15 is 9.59 Å². The Kier molecular flexibility index (Phi) is 14.5. The average Bonchev–Trinajstić information content (AvgIpc) is 4.16. The number of pyridine rings is 1. The van der Waals surface area contributed by atoms with Gasteiger partial charge in [-0.05, 0) is 133 Å². The number of esters is 1. The second-order valence-corrected chi connectivity index (χ2v) is 23.1. The molecule has 7 rings (SSSR count). The summed E-state index contributed by atoms with van der Waals surface area (Å²) in [6, 6.07) is 11.5. The molecular weight excluding hydrogens is 913 g/mol. The average molecular weight is 980 g/mol. The number of aromatic nitrogens is 1. The number of carbonyl (C=O) groups excluding carboxylic acids is 4. The van der Waals surface area contributed by atoms with E-state index in [-0.39, 0.29) is 43.7 Å². The Bertz CT molecular complexity index is 2590. The minimum atomic E-state index is -4.05. The van der Waals surface area contributed by atoms with Crippen LogP contribution < -0.4 is 23.7 Å². The minimum absolute atomic E-state index is 0.0435. The highest BCUT2D eigenvalue weighted by atomic mass is 32.2. The number of nitrogens with one attached hydrogen (secondary N) is 1. The number of ketones is 1. The van der Waals surface area contributed by atoms with Crippen LogP contribution in [0.1, 0.15) is 113 Å². The molecule has 1 saturated heterocycles. The van der Waals surface area contributed by atoms with Gasteiger partial charge in [-0.15, -0.1) is 0 Å². The van der Waals surface area contributed by atoms with Crippen molar-refractivity contribution in [1.29, 1.82) is 0 Å². The first-order chi connectivity index (χ1) is 32.3. The normalized spacial score (nSPS) is 26.8. The first-order valence-corrected chi connectivity index (χ1v) is 25.5. The predicted molar refractivity (Wildman–Crippen MR) is 256 cm³/mol. The van der Waals surface area contributed by atoms with Crippen molar-refractivity contribution in [3.05, 3.63) is 54.6 Å². The third-order valence-corrected chi connectivity index (χ3v) is 16.9. The van der Waals surface area contributed by atoms with E-state index < -0.39 is 91.6 Å². The number of sulfonamides is 1. The van der Waals surface area contributed by atoms with Crippen LogP contribution in [-0.2, 0) is 33.9 Å². The van der Waals surface area contributed by atoms with Gasteiger partial charge in [-0.2, -0.15) is 0 Å². The predicted octanol–water partition coefficient (Wildman–Crippen LogP) is 9.01. The number of alkyl halides is 2. The number of carbonyl (C=O) groups is 4. The standard InChI is InChI=1S/C52H67F2N3O11S/c1-30(2)66-35-17-15-33(16-18-35)44-45(65-10)40-24-36(64-9)19-20-38(40)46(55-44)67-37-25-41-42(58)28-52(48(61)56-69(62,63)50(7)21-22-50)27-34(52)14-12-11-13-31(3)23-32(4)39(47(60)57(41)29-37)26-43(59)68-49(5,6)51(8,53)54/h12,14-20,24,30-32,34,37,39,41H,11,13,21-23,25-29H2,1-10H3,(H,56,61)/b14-12-/t31-,32-,34-,37-,39+,41+,52-/m1/s1. The smallest absolute Gasteiger partial charge is 0.307 e. The van der Waals surface area contributed by atoms with Crippen LogP contribution in [-0.4, -0.2) is 97.2 Å². The Morgan fingerprint density at radius 1 is 0.971 bits per heavy atom. The van der Waals surface area contributed by atoms with Gasteiger partial charge in [0.1, 0.15) is 23.3 Å². The number of rotatable bonds is 14. The van der Waals surface area contributed by atoms with Crippen molar-refractivity contribution in [2.24, 2.45) is 29.1 Å². The lowest BCUT2D eigenvalue weighted by Crippen LogP contribution is -2.49. The van der Waals surface area contributed by atoms with E-state index in [1.807, 2.05) is 64.1 Å². The molecule has 2 aromatic carbocycles. The SMILES string of the molecule is COc1ccc2c(O[C@@H]3C[C@H]4C(=O)C[C@]5(C(=O)NS(=O)(=O)C6(C)CC6)C[C@H]5/C=C\CC[C@@H](C)C[C@@H](C)[C@H](CC(=O)OC(C)(C)C(C)(F)F)C(=O)N4C3)nc(-c3ccc(OC(C)C)cc3)c(OC)c2c1. The van der Waals surface area contributed by atoms with E-state index in [9.17, 15) is 26.8 Å². The zero-order valence-corrected chi connectivity index (χ0v) is 42.2. The van der Waals surface area contributed by atoms with Crippen molar-refractivity contribution in [2.45, 2.75) is 148 Å². The van der Waals surface area contributed by atoms with Crippen LogP contribution in [0.25, 0.3) is 22.0 Å².